The average molecular weight is 386 g/mol. The summed E-state index contributed by atoms with van der Waals surface area (Å²) in [6.45, 7) is 9.67. The van der Waals surface area contributed by atoms with Crippen LogP contribution in [0.5, 0.6) is 11.5 Å². The topological polar surface area (TPSA) is 47.1 Å². The summed E-state index contributed by atoms with van der Waals surface area (Å²) in [6.07, 6.45) is 3.69. The second kappa shape index (κ2) is 8.97. The highest BCUT2D eigenvalue weighted by Gasteiger charge is 2.16. The summed E-state index contributed by atoms with van der Waals surface area (Å²) in [4.78, 5) is 9.72. The van der Waals surface area contributed by atoms with Gasteiger partial charge in [-0.3, -0.25) is 0 Å². The van der Waals surface area contributed by atoms with Crippen molar-refractivity contribution in [1.29, 1.82) is 0 Å². The molecular formula is C22H31N3O3. The zero-order valence-electron chi connectivity index (χ0n) is 17.1. The molecule has 0 spiro atoms. The van der Waals surface area contributed by atoms with Gasteiger partial charge in [-0.2, -0.15) is 0 Å². The summed E-state index contributed by atoms with van der Waals surface area (Å²) < 4.78 is 17.2. The molecule has 0 N–H and O–H groups in total. The number of aromatic nitrogens is 1. The van der Waals surface area contributed by atoms with Crippen LogP contribution in [0.4, 0.5) is 5.82 Å². The van der Waals surface area contributed by atoms with E-state index in [0.29, 0.717) is 6.61 Å². The van der Waals surface area contributed by atoms with E-state index in [4.69, 9.17) is 19.2 Å². The summed E-state index contributed by atoms with van der Waals surface area (Å²) in [7, 11) is 1.70. The fourth-order valence-corrected chi connectivity index (χ4v) is 4.09. The van der Waals surface area contributed by atoms with Crippen molar-refractivity contribution in [1.82, 2.24) is 9.88 Å². The van der Waals surface area contributed by atoms with Gasteiger partial charge in [-0.25, -0.2) is 4.98 Å². The minimum absolute atomic E-state index is 0.695. The van der Waals surface area contributed by atoms with E-state index in [1.165, 1.54) is 31.5 Å². The molecule has 2 aromatic rings. The zero-order valence-corrected chi connectivity index (χ0v) is 17.1. The molecule has 1 aromatic carbocycles. The van der Waals surface area contributed by atoms with Gasteiger partial charge in [-0.15, -0.1) is 0 Å². The lowest BCUT2D eigenvalue weighted by molar-refractivity contribution is 0.122. The number of anilines is 1. The molecule has 4 rings (SSSR count). The second-order valence-electron chi connectivity index (χ2n) is 7.67. The molecule has 1 aromatic heterocycles. The van der Waals surface area contributed by atoms with Crippen molar-refractivity contribution in [3.05, 3.63) is 23.8 Å². The fraction of sp³-hybridized carbons (Fsp3) is 0.591. The number of morpholine rings is 1. The van der Waals surface area contributed by atoms with Crippen LogP contribution in [-0.4, -0.2) is 69.5 Å². The van der Waals surface area contributed by atoms with Crippen molar-refractivity contribution < 1.29 is 14.2 Å². The minimum atomic E-state index is 0.695. The highest BCUT2D eigenvalue weighted by atomic mass is 16.5. The Balaban J connectivity index is 1.51. The number of nitrogens with zero attached hydrogens (tertiary/aromatic N) is 3. The van der Waals surface area contributed by atoms with Crippen molar-refractivity contribution >= 4 is 16.7 Å². The first-order chi connectivity index (χ1) is 13.7. The SMILES string of the molecule is COc1cc2c(C)cc(N3CCOCC3)nc2cc1OCCCN1CCCC1. The van der Waals surface area contributed by atoms with E-state index in [9.17, 15) is 0 Å². The minimum Gasteiger partial charge on any atom is -0.493 e. The molecule has 2 aliphatic rings. The van der Waals surface area contributed by atoms with Crippen LogP contribution >= 0.6 is 0 Å². The van der Waals surface area contributed by atoms with Crippen LogP contribution in [0.1, 0.15) is 24.8 Å². The van der Waals surface area contributed by atoms with Crippen molar-refractivity contribution in [2.24, 2.45) is 0 Å². The molecule has 0 amide bonds. The molecule has 0 unspecified atom stereocenters. The number of hydrogen-bond donors (Lipinski definition) is 0. The fourth-order valence-electron chi connectivity index (χ4n) is 4.09. The Morgan fingerprint density at radius 1 is 1.04 bits per heavy atom. The Kier molecular flexibility index (Phi) is 6.17. The smallest absolute Gasteiger partial charge is 0.163 e. The number of fused-ring (bicyclic) bond motifs is 1. The van der Waals surface area contributed by atoms with E-state index < -0.39 is 0 Å². The van der Waals surface area contributed by atoms with Crippen molar-refractivity contribution in [3.8, 4) is 11.5 Å². The maximum absolute atomic E-state index is 6.10. The molecule has 28 heavy (non-hydrogen) atoms. The number of likely N-dealkylation sites (tertiary alicyclic amines) is 1. The van der Waals surface area contributed by atoms with Gasteiger partial charge < -0.3 is 24.0 Å². The number of pyridine rings is 1. The van der Waals surface area contributed by atoms with Gasteiger partial charge >= 0.3 is 0 Å². The van der Waals surface area contributed by atoms with Crippen LogP contribution in [0, 0.1) is 6.92 Å². The Bertz CT molecular complexity index is 799. The van der Waals surface area contributed by atoms with E-state index in [1.807, 2.05) is 6.07 Å². The van der Waals surface area contributed by atoms with Crippen molar-refractivity contribution in [3.63, 3.8) is 0 Å². The molecular weight excluding hydrogens is 354 g/mol. The molecule has 0 bridgehead atoms. The second-order valence-corrected chi connectivity index (χ2v) is 7.67. The zero-order chi connectivity index (χ0) is 19.3. The largest absolute Gasteiger partial charge is 0.493 e. The first-order valence-corrected chi connectivity index (χ1v) is 10.4. The Labute approximate surface area is 167 Å². The van der Waals surface area contributed by atoms with Gasteiger partial charge in [-0.05, 0) is 57.0 Å². The monoisotopic (exact) mass is 385 g/mol. The van der Waals surface area contributed by atoms with Crippen LogP contribution in [0.15, 0.2) is 18.2 Å². The quantitative estimate of drug-likeness (QED) is 0.682. The molecule has 0 atom stereocenters. The lowest BCUT2D eigenvalue weighted by Crippen LogP contribution is -2.36. The van der Waals surface area contributed by atoms with E-state index in [0.717, 1.165) is 67.5 Å². The number of ether oxygens (including phenoxy) is 3. The standard InChI is InChI=1S/C22H31N3O3/c1-17-14-22(25-9-12-27-13-10-25)23-19-16-21(20(26-2)15-18(17)19)28-11-5-8-24-6-3-4-7-24/h14-16H,3-13H2,1-2H3. The van der Waals surface area contributed by atoms with Gasteiger partial charge in [-0.1, -0.05) is 0 Å². The van der Waals surface area contributed by atoms with Crippen LogP contribution in [-0.2, 0) is 4.74 Å². The van der Waals surface area contributed by atoms with Gasteiger partial charge in [0.1, 0.15) is 5.82 Å². The van der Waals surface area contributed by atoms with E-state index in [2.05, 4.69) is 28.9 Å². The third-order valence-corrected chi connectivity index (χ3v) is 5.70. The Morgan fingerprint density at radius 2 is 1.82 bits per heavy atom. The summed E-state index contributed by atoms with van der Waals surface area (Å²) in [5.74, 6) is 2.57. The number of rotatable bonds is 7. The molecule has 3 heterocycles. The Hall–Kier alpha value is -2.05. The molecule has 6 heteroatoms. The van der Waals surface area contributed by atoms with Crippen LogP contribution in [0.25, 0.3) is 10.9 Å². The maximum atomic E-state index is 6.10. The predicted octanol–water partition coefficient (Wildman–Crippen LogP) is 3.25. The molecule has 2 aliphatic heterocycles. The lowest BCUT2D eigenvalue weighted by Gasteiger charge is -2.28. The molecule has 2 fully saturated rings. The van der Waals surface area contributed by atoms with Crippen molar-refractivity contribution in [2.45, 2.75) is 26.2 Å². The summed E-state index contributed by atoms with van der Waals surface area (Å²) in [5, 5.41) is 1.11. The van der Waals surface area contributed by atoms with E-state index >= 15 is 0 Å². The van der Waals surface area contributed by atoms with Gasteiger partial charge in [0.05, 0.1) is 32.4 Å². The molecule has 152 valence electrons. The number of hydrogen-bond acceptors (Lipinski definition) is 6. The molecule has 6 nitrogen and oxygen atoms in total. The van der Waals surface area contributed by atoms with Crippen LogP contribution < -0.4 is 14.4 Å². The molecule has 2 saturated heterocycles. The Morgan fingerprint density at radius 3 is 2.57 bits per heavy atom. The van der Waals surface area contributed by atoms with Gasteiger partial charge in [0.25, 0.3) is 0 Å². The summed E-state index contributed by atoms with van der Waals surface area (Å²) in [6, 6.07) is 6.24. The molecule has 0 aliphatic carbocycles. The maximum Gasteiger partial charge on any atom is 0.163 e. The van der Waals surface area contributed by atoms with Crippen molar-refractivity contribution in [2.75, 3.05) is 64.6 Å². The van der Waals surface area contributed by atoms with Gasteiger partial charge in [0.2, 0.25) is 0 Å². The highest BCUT2D eigenvalue weighted by Crippen LogP contribution is 2.34. The summed E-state index contributed by atoms with van der Waals surface area (Å²) >= 11 is 0. The number of methoxy groups -OCH3 is 1. The number of aryl methyl sites for hydroxylation is 1. The van der Waals surface area contributed by atoms with Crippen LogP contribution in [0.3, 0.4) is 0 Å². The number of benzene rings is 1. The highest BCUT2D eigenvalue weighted by molar-refractivity contribution is 5.87. The summed E-state index contributed by atoms with van der Waals surface area (Å²) in [5.41, 5.74) is 2.15. The van der Waals surface area contributed by atoms with Gasteiger partial charge in [0.15, 0.2) is 11.5 Å². The molecule has 0 radical (unpaired) electrons. The first kappa shape index (κ1) is 19.3. The normalized spacial score (nSPS) is 18.0. The van der Waals surface area contributed by atoms with Crippen LogP contribution in [0.2, 0.25) is 0 Å². The third kappa shape index (κ3) is 4.33. The third-order valence-electron chi connectivity index (χ3n) is 5.70. The average Bonchev–Trinajstić information content (AvgIpc) is 3.25. The lowest BCUT2D eigenvalue weighted by atomic mass is 10.1. The first-order valence-electron chi connectivity index (χ1n) is 10.4. The predicted molar refractivity (Wildman–Crippen MR) is 112 cm³/mol. The molecule has 0 saturated carbocycles. The van der Waals surface area contributed by atoms with Gasteiger partial charge in [0, 0.05) is 31.1 Å². The van der Waals surface area contributed by atoms with E-state index in [1.54, 1.807) is 7.11 Å². The van der Waals surface area contributed by atoms with E-state index in [-0.39, 0.29) is 0 Å².